The van der Waals surface area contributed by atoms with Crippen molar-refractivity contribution in [3.8, 4) is 33.5 Å². The minimum Gasteiger partial charge on any atom is -0.504 e. The van der Waals surface area contributed by atoms with Crippen LogP contribution in [0.3, 0.4) is 0 Å². The molecular weight excluding hydrogens is 248 g/mol. The molecule has 0 saturated heterocycles. The zero-order valence-corrected chi connectivity index (χ0v) is 10.1. The maximum absolute atomic E-state index is 9.47. The quantitative estimate of drug-likeness (QED) is 0.618. The van der Waals surface area contributed by atoms with Gasteiger partial charge in [-0.2, -0.15) is 0 Å². The summed E-state index contributed by atoms with van der Waals surface area (Å²) >= 11 is 1.53. The molecule has 0 bridgehead atoms. The standard InChI is InChI=1S/C13H10N2O2S/c16-11-4-3-8(6-12(11)17)10-7-18-13(15-10)9-2-1-5-14-9/h1-7,14,16-17H. The molecular formula is C13H10N2O2S. The molecule has 0 fully saturated rings. The SMILES string of the molecule is Oc1ccc(-c2csc(-c3ccc[nH]3)n2)cc1O. The summed E-state index contributed by atoms with van der Waals surface area (Å²) in [5.74, 6) is -0.263. The third kappa shape index (κ3) is 1.84. The van der Waals surface area contributed by atoms with Crippen LogP contribution in [0.4, 0.5) is 0 Å². The monoisotopic (exact) mass is 258 g/mol. The van der Waals surface area contributed by atoms with E-state index in [0.29, 0.717) is 0 Å². The first-order valence-electron chi connectivity index (χ1n) is 5.35. The van der Waals surface area contributed by atoms with E-state index in [0.717, 1.165) is 22.0 Å². The largest absolute Gasteiger partial charge is 0.504 e. The van der Waals surface area contributed by atoms with E-state index in [1.165, 1.54) is 23.5 Å². The summed E-state index contributed by atoms with van der Waals surface area (Å²) < 4.78 is 0. The summed E-state index contributed by atoms with van der Waals surface area (Å²) in [6.45, 7) is 0. The lowest BCUT2D eigenvalue weighted by molar-refractivity contribution is 0.404. The van der Waals surface area contributed by atoms with Crippen LogP contribution < -0.4 is 0 Å². The molecule has 1 aromatic carbocycles. The van der Waals surface area contributed by atoms with Crippen molar-refractivity contribution >= 4 is 11.3 Å². The highest BCUT2D eigenvalue weighted by atomic mass is 32.1. The lowest BCUT2D eigenvalue weighted by Crippen LogP contribution is -1.79. The molecule has 2 heterocycles. The topological polar surface area (TPSA) is 69.1 Å². The number of H-pyrrole nitrogens is 1. The predicted molar refractivity (Wildman–Crippen MR) is 70.7 cm³/mol. The van der Waals surface area contributed by atoms with Crippen LogP contribution in [0.5, 0.6) is 11.5 Å². The third-order valence-electron chi connectivity index (χ3n) is 2.60. The van der Waals surface area contributed by atoms with Crippen molar-refractivity contribution in [2.45, 2.75) is 0 Å². The Kier molecular flexibility index (Phi) is 2.53. The van der Waals surface area contributed by atoms with Crippen molar-refractivity contribution in [3.63, 3.8) is 0 Å². The van der Waals surface area contributed by atoms with Crippen LogP contribution in [0.2, 0.25) is 0 Å². The Morgan fingerprint density at radius 1 is 1.11 bits per heavy atom. The maximum Gasteiger partial charge on any atom is 0.158 e. The van der Waals surface area contributed by atoms with Gasteiger partial charge in [-0.1, -0.05) is 0 Å². The van der Waals surface area contributed by atoms with Gasteiger partial charge in [0.15, 0.2) is 11.5 Å². The first-order valence-corrected chi connectivity index (χ1v) is 6.23. The molecule has 0 spiro atoms. The second-order valence-corrected chi connectivity index (χ2v) is 4.68. The normalized spacial score (nSPS) is 10.7. The van der Waals surface area contributed by atoms with Gasteiger partial charge in [-0.25, -0.2) is 4.98 Å². The van der Waals surface area contributed by atoms with E-state index in [2.05, 4.69) is 9.97 Å². The van der Waals surface area contributed by atoms with Crippen LogP contribution in [0.1, 0.15) is 0 Å². The first kappa shape index (κ1) is 10.9. The number of phenols is 2. The van der Waals surface area contributed by atoms with Gasteiger partial charge in [0, 0.05) is 17.1 Å². The molecule has 0 amide bonds. The molecule has 3 aromatic rings. The molecule has 0 saturated carbocycles. The number of hydrogen-bond acceptors (Lipinski definition) is 4. The van der Waals surface area contributed by atoms with E-state index in [-0.39, 0.29) is 11.5 Å². The second-order valence-electron chi connectivity index (χ2n) is 3.83. The van der Waals surface area contributed by atoms with Gasteiger partial charge in [0.1, 0.15) is 5.01 Å². The molecule has 0 radical (unpaired) electrons. The van der Waals surface area contributed by atoms with Gasteiger partial charge >= 0.3 is 0 Å². The number of aromatic nitrogens is 2. The van der Waals surface area contributed by atoms with E-state index < -0.39 is 0 Å². The molecule has 3 N–H and O–H groups in total. The summed E-state index contributed by atoms with van der Waals surface area (Å²) in [5, 5.41) is 21.6. The fraction of sp³-hybridized carbons (Fsp3) is 0. The number of nitrogens with zero attached hydrogens (tertiary/aromatic N) is 1. The summed E-state index contributed by atoms with van der Waals surface area (Å²) in [7, 11) is 0. The van der Waals surface area contributed by atoms with Crippen molar-refractivity contribution in [2.75, 3.05) is 0 Å². The van der Waals surface area contributed by atoms with Crippen LogP contribution in [0.15, 0.2) is 41.9 Å². The minimum atomic E-state index is -0.137. The molecule has 0 aliphatic carbocycles. The van der Waals surface area contributed by atoms with Crippen molar-refractivity contribution < 1.29 is 10.2 Å². The number of phenolic OH excluding ortho intramolecular Hbond substituents is 2. The fourth-order valence-electron chi connectivity index (χ4n) is 1.68. The molecule has 0 unspecified atom stereocenters. The highest BCUT2D eigenvalue weighted by Crippen LogP contribution is 2.32. The van der Waals surface area contributed by atoms with E-state index >= 15 is 0 Å². The number of rotatable bonds is 2. The Labute approximate surface area is 107 Å². The van der Waals surface area contributed by atoms with E-state index in [1.54, 1.807) is 6.07 Å². The zero-order chi connectivity index (χ0) is 12.5. The molecule has 0 atom stereocenters. The van der Waals surface area contributed by atoms with E-state index in [1.807, 2.05) is 23.7 Å². The average molecular weight is 258 g/mol. The highest BCUT2D eigenvalue weighted by Gasteiger charge is 2.08. The van der Waals surface area contributed by atoms with Crippen LogP contribution in [-0.2, 0) is 0 Å². The summed E-state index contributed by atoms with van der Waals surface area (Å²) in [4.78, 5) is 7.59. The summed E-state index contributed by atoms with van der Waals surface area (Å²) in [6, 6.07) is 8.56. The average Bonchev–Trinajstić information content (AvgIpc) is 3.01. The predicted octanol–water partition coefficient (Wildman–Crippen LogP) is 3.22. The maximum atomic E-state index is 9.47. The molecule has 5 heteroatoms. The van der Waals surface area contributed by atoms with E-state index in [4.69, 9.17) is 0 Å². The number of aromatic hydroxyl groups is 2. The van der Waals surface area contributed by atoms with Gasteiger partial charge in [0.05, 0.1) is 11.4 Å². The van der Waals surface area contributed by atoms with Gasteiger partial charge in [-0.15, -0.1) is 11.3 Å². The Morgan fingerprint density at radius 3 is 2.72 bits per heavy atom. The summed E-state index contributed by atoms with van der Waals surface area (Å²) in [5.41, 5.74) is 2.52. The lowest BCUT2D eigenvalue weighted by Gasteiger charge is -2.00. The van der Waals surface area contributed by atoms with E-state index in [9.17, 15) is 10.2 Å². The van der Waals surface area contributed by atoms with Gasteiger partial charge in [0.2, 0.25) is 0 Å². The molecule has 3 rings (SSSR count). The van der Waals surface area contributed by atoms with Crippen molar-refractivity contribution in [1.29, 1.82) is 0 Å². The summed E-state index contributed by atoms with van der Waals surface area (Å²) in [6.07, 6.45) is 1.85. The van der Waals surface area contributed by atoms with Gasteiger partial charge < -0.3 is 15.2 Å². The zero-order valence-electron chi connectivity index (χ0n) is 9.29. The van der Waals surface area contributed by atoms with Gasteiger partial charge in [-0.05, 0) is 30.3 Å². The number of nitrogens with one attached hydrogen (secondary N) is 1. The second kappa shape index (κ2) is 4.19. The number of thiazole rings is 1. The molecule has 2 aromatic heterocycles. The Hall–Kier alpha value is -2.27. The lowest BCUT2D eigenvalue weighted by atomic mass is 10.1. The van der Waals surface area contributed by atoms with Crippen molar-refractivity contribution in [2.24, 2.45) is 0 Å². The molecule has 0 aliphatic rings. The number of aromatic amines is 1. The Bertz CT molecular complexity index is 674. The molecule has 90 valence electrons. The van der Waals surface area contributed by atoms with Crippen LogP contribution in [0.25, 0.3) is 22.0 Å². The third-order valence-corrected chi connectivity index (χ3v) is 3.48. The van der Waals surface area contributed by atoms with Gasteiger partial charge in [-0.3, -0.25) is 0 Å². The smallest absolute Gasteiger partial charge is 0.158 e. The van der Waals surface area contributed by atoms with Crippen LogP contribution in [-0.4, -0.2) is 20.2 Å². The van der Waals surface area contributed by atoms with Crippen LogP contribution in [0, 0.1) is 0 Å². The Morgan fingerprint density at radius 2 is 2.00 bits per heavy atom. The van der Waals surface area contributed by atoms with Crippen molar-refractivity contribution in [1.82, 2.24) is 9.97 Å². The minimum absolute atomic E-state index is 0.126. The Balaban J connectivity index is 2.00. The number of benzene rings is 1. The first-order chi connectivity index (χ1) is 8.74. The molecule has 18 heavy (non-hydrogen) atoms. The number of hydrogen-bond donors (Lipinski definition) is 3. The highest BCUT2D eigenvalue weighted by molar-refractivity contribution is 7.13. The van der Waals surface area contributed by atoms with Crippen LogP contribution >= 0.6 is 11.3 Å². The van der Waals surface area contributed by atoms with Crippen molar-refractivity contribution in [3.05, 3.63) is 41.9 Å². The molecule has 4 nitrogen and oxygen atoms in total. The molecule has 0 aliphatic heterocycles. The fourth-order valence-corrected chi connectivity index (χ4v) is 2.49. The van der Waals surface area contributed by atoms with Gasteiger partial charge in [0.25, 0.3) is 0 Å².